The Morgan fingerprint density at radius 1 is 1.38 bits per heavy atom. The number of unbranched alkanes of at least 4 members (excludes halogenated alkanes) is 3. The van der Waals surface area contributed by atoms with Crippen LogP contribution in [-0.4, -0.2) is 36.3 Å². The summed E-state index contributed by atoms with van der Waals surface area (Å²) in [5, 5.41) is 4.79. The molecule has 1 saturated heterocycles. The molecule has 1 aliphatic rings. The van der Waals surface area contributed by atoms with Gasteiger partial charge in [0.2, 0.25) is 11.8 Å². The maximum Gasteiger partial charge on any atom is 0.248 e. The molecular weight excluding hydrogens is 286 g/mol. The van der Waals surface area contributed by atoms with Crippen LogP contribution >= 0.6 is 11.3 Å². The molecule has 1 aliphatic heterocycles. The van der Waals surface area contributed by atoms with Crippen LogP contribution in [0.5, 0.6) is 0 Å². The van der Waals surface area contributed by atoms with Crippen LogP contribution in [-0.2, 0) is 9.59 Å². The predicted octanol–water partition coefficient (Wildman–Crippen LogP) is 1.66. The predicted molar refractivity (Wildman–Crippen MR) is 83.9 cm³/mol. The largest absolute Gasteiger partial charge is 0.352 e. The van der Waals surface area contributed by atoms with E-state index in [4.69, 9.17) is 5.73 Å². The van der Waals surface area contributed by atoms with Gasteiger partial charge in [-0.15, -0.1) is 11.3 Å². The summed E-state index contributed by atoms with van der Waals surface area (Å²) in [7, 11) is 0. The number of piperazine rings is 1. The van der Waals surface area contributed by atoms with Crippen molar-refractivity contribution < 1.29 is 9.59 Å². The minimum Gasteiger partial charge on any atom is -0.352 e. The molecule has 1 unspecified atom stereocenters. The van der Waals surface area contributed by atoms with E-state index in [1.54, 1.807) is 4.90 Å². The first kappa shape index (κ1) is 16.0. The van der Waals surface area contributed by atoms with E-state index in [2.05, 4.69) is 5.32 Å². The number of nitrogens with one attached hydrogen (secondary N) is 1. The van der Waals surface area contributed by atoms with Crippen molar-refractivity contribution >= 4 is 23.2 Å². The molecule has 2 amide bonds. The summed E-state index contributed by atoms with van der Waals surface area (Å²) in [5.74, 6) is 0.0104. The number of thiophene rings is 1. The summed E-state index contributed by atoms with van der Waals surface area (Å²) in [6.07, 6.45) is 4.48. The molecule has 0 bridgehead atoms. The summed E-state index contributed by atoms with van der Waals surface area (Å²) < 4.78 is 0. The molecule has 0 aliphatic carbocycles. The molecule has 2 heterocycles. The van der Waals surface area contributed by atoms with Crippen LogP contribution in [0.4, 0.5) is 0 Å². The molecule has 21 heavy (non-hydrogen) atoms. The second-order valence-electron chi connectivity index (χ2n) is 5.25. The number of carbonyl (C=O) groups excluding carboxylic acids is 2. The zero-order valence-corrected chi connectivity index (χ0v) is 13.0. The van der Waals surface area contributed by atoms with Gasteiger partial charge in [0.1, 0.15) is 6.04 Å². The maximum atomic E-state index is 12.4. The summed E-state index contributed by atoms with van der Waals surface area (Å²) in [6.45, 7) is 1.84. The number of nitrogens with two attached hydrogens (primary N) is 1. The average Bonchev–Trinajstić information content (AvgIpc) is 3.00. The fourth-order valence-electron chi connectivity index (χ4n) is 2.58. The van der Waals surface area contributed by atoms with E-state index < -0.39 is 6.04 Å². The molecule has 0 spiro atoms. The fraction of sp³-hybridized carbons (Fsp3) is 0.600. The molecule has 2 rings (SSSR count). The molecule has 6 heteroatoms. The van der Waals surface area contributed by atoms with Crippen molar-refractivity contribution in [1.82, 2.24) is 10.2 Å². The van der Waals surface area contributed by atoms with Gasteiger partial charge >= 0.3 is 0 Å². The van der Waals surface area contributed by atoms with Gasteiger partial charge in [-0.2, -0.15) is 0 Å². The SMILES string of the molecule is NCCCCCCC(=O)N1CCNC(=O)C1c1cccs1. The van der Waals surface area contributed by atoms with Gasteiger partial charge in [0.05, 0.1) is 0 Å². The Morgan fingerprint density at radius 2 is 2.19 bits per heavy atom. The Hall–Kier alpha value is -1.40. The Bertz CT molecular complexity index is 461. The topological polar surface area (TPSA) is 75.4 Å². The first-order valence-electron chi connectivity index (χ1n) is 7.54. The molecule has 1 fully saturated rings. The van der Waals surface area contributed by atoms with E-state index >= 15 is 0 Å². The lowest BCUT2D eigenvalue weighted by molar-refractivity contribution is -0.143. The van der Waals surface area contributed by atoms with Crippen molar-refractivity contribution in [3.8, 4) is 0 Å². The third-order valence-corrected chi connectivity index (χ3v) is 4.61. The van der Waals surface area contributed by atoms with Crippen LogP contribution in [0.1, 0.15) is 43.0 Å². The average molecular weight is 309 g/mol. The van der Waals surface area contributed by atoms with Gasteiger partial charge < -0.3 is 16.0 Å². The van der Waals surface area contributed by atoms with Gasteiger partial charge in [0.25, 0.3) is 0 Å². The van der Waals surface area contributed by atoms with E-state index in [9.17, 15) is 9.59 Å². The lowest BCUT2D eigenvalue weighted by Gasteiger charge is -2.34. The summed E-state index contributed by atoms with van der Waals surface area (Å²) in [4.78, 5) is 27.2. The number of nitrogens with zero attached hydrogens (tertiary/aromatic N) is 1. The van der Waals surface area contributed by atoms with Crippen LogP contribution in [0.3, 0.4) is 0 Å². The molecule has 5 nitrogen and oxygen atoms in total. The molecular formula is C15H23N3O2S. The second-order valence-corrected chi connectivity index (χ2v) is 6.23. The number of hydrogen-bond acceptors (Lipinski definition) is 4. The van der Waals surface area contributed by atoms with E-state index in [0.29, 0.717) is 26.1 Å². The Morgan fingerprint density at radius 3 is 2.90 bits per heavy atom. The van der Waals surface area contributed by atoms with Gasteiger partial charge in [-0.3, -0.25) is 9.59 Å². The first-order chi connectivity index (χ1) is 10.2. The van der Waals surface area contributed by atoms with E-state index in [1.165, 1.54) is 11.3 Å². The summed E-state index contributed by atoms with van der Waals surface area (Å²) >= 11 is 1.52. The summed E-state index contributed by atoms with van der Waals surface area (Å²) in [5.41, 5.74) is 5.46. The van der Waals surface area contributed by atoms with Crippen molar-refractivity contribution in [3.05, 3.63) is 22.4 Å². The Kier molecular flexibility index (Phi) is 6.20. The Labute approximate surface area is 129 Å². The lowest BCUT2D eigenvalue weighted by atomic mass is 10.1. The van der Waals surface area contributed by atoms with Gasteiger partial charge in [0.15, 0.2) is 0 Å². The lowest BCUT2D eigenvalue weighted by Crippen LogP contribution is -2.51. The third kappa shape index (κ3) is 4.28. The number of hydrogen-bond donors (Lipinski definition) is 2. The zero-order chi connectivity index (χ0) is 15.1. The van der Waals surface area contributed by atoms with Gasteiger partial charge in [0, 0.05) is 24.4 Å². The minimum absolute atomic E-state index is 0.0693. The molecule has 0 aromatic carbocycles. The van der Waals surface area contributed by atoms with Crippen molar-refractivity contribution in [2.45, 2.75) is 38.1 Å². The molecule has 0 saturated carbocycles. The minimum atomic E-state index is -0.449. The quantitative estimate of drug-likeness (QED) is 0.752. The van der Waals surface area contributed by atoms with Gasteiger partial charge in [-0.1, -0.05) is 18.9 Å². The van der Waals surface area contributed by atoms with Gasteiger partial charge in [-0.05, 0) is 30.8 Å². The van der Waals surface area contributed by atoms with Crippen LogP contribution in [0.2, 0.25) is 0 Å². The van der Waals surface area contributed by atoms with Crippen LogP contribution in [0.15, 0.2) is 17.5 Å². The highest BCUT2D eigenvalue weighted by Crippen LogP contribution is 2.28. The van der Waals surface area contributed by atoms with Gasteiger partial charge in [-0.25, -0.2) is 0 Å². The van der Waals surface area contributed by atoms with E-state index in [0.717, 1.165) is 30.6 Å². The molecule has 1 aromatic rings. The smallest absolute Gasteiger partial charge is 0.248 e. The van der Waals surface area contributed by atoms with Crippen molar-refractivity contribution in [2.75, 3.05) is 19.6 Å². The van der Waals surface area contributed by atoms with Crippen molar-refractivity contribution in [1.29, 1.82) is 0 Å². The normalized spacial score (nSPS) is 18.6. The van der Waals surface area contributed by atoms with E-state index in [1.807, 2.05) is 17.5 Å². The second kappa shape index (κ2) is 8.14. The monoisotopic (exact) mass is 309 g/mol. The molecule has 0 radical (unpaired) electrons. The fourth-order valence-corrected chi connectivity index (χ4v) is 3.42. The van der Waals surface area contributed by atoms with Crippen molar-refractivity contribution in [2.24, 2.45) is 5.73 Å². The highest BCUT2D eigenvalue weighted by atomic mass is 32.1. The van der Waals surface area contributed by atoms with Crippen LogP contribution in [0, 0.1) is 0 Å². The highest BCUT2D eigenvalue weighted by molar-refractivity contribution is 7.10. The number of carbonyl (C=O) groups is 2. The van der Waals surface area contributed by atoms with Crippen molar-refractivity contribution in [3.63, 3.8) is 0 Å². The molecule has 1 aromatic heterocycles. The van der Waals surface area contributed by atoms with Crippen LogP contribution in [0.25, 0.3) is 0 Å². The molecule has 116 valence electrons. The third-order valence-electron chi connectivity index (χ3n) is 3.69. The number of amides is 2. The number of rotatable bonds is 7. The first-order valence-corrected chi connectivity index (χ1v) is 8.42. The Balaban J connectivity index is 1.92. The maximum absolute atomic E-state index is 12.4. The van der Waals surface area contributed by atoms with Crippen LogP contribution < -0.4 is 11.1 Å². The highest BCUT2D eigenvalue weighted by Gasteiger charge is 2.34. The van der Waals surface area contributed by atoms with E-state index in [-0.39, 0.29) is 11.8 Å². The molecule has 1 atom stereocenters. The molecule has 3 N–H and O–H groups in total. The zero-order valence-electron chi connectivity index (χ0n) is 12.2. The standard InChI is InChI=1S/C15H23N3O2S/c16-8-4-2-1-3-7-13(19)18-10-9-17-15(20)14(18)12-6-5-11-21-12/h5-6,11,14H,1-4,7-10,16H2,(H,17,20). The summed E-state index contributed by atoms with van der Waals surface area (Å²) in [6, 6.07) is 3.38.